The van der Waals surface area contributed by atoms with E-state index in [1.165, 1.54) is 5.56 Å². The summed E-state index contributed by atoms with van der Waals surface area (Å²) >= 11 is 0. The Morgan fingerprint density at radius 1 is 1.17 bits per heavy atom. The molecule has 0 saturated carbocycles. The van der Waals surface area contributed by atoms with Crippen LogP contribution in [0, 0.1) is 5.41 Å². The standard InChI is InChI=1S/C18H31N3O2/c1-18(2,3)10-16(13-22)20-17(23)19-11-14-6-8-15(9-7-14)12-21(4)5/h6-9,16,22H,10-13H2,1-5H3,(H2,19,20,23). The van der Waals surface area contributed by atoms with Gasteiger partial charge in [-0.2, -0.15) is 0 Å². The van der Waals surface area contributed by atoms with Crippen molar-refractivity contribution < 1.29 is 9.90 Å². The van der Waals surface area contributed by atoms with E-state index in [2.05, 4.69) is 48.4 Å². The first kappa shape index (κ1) is 19.5. The molecule has 0 aliphatic rings. The lowest BCUT2D eigenvalue weighted by Crippen LogP contribution is -2.45. The quantitative estimate of drug-likeness (QED) is 0.722. The van der Waals surface area contributed by atoms with Gasteiger partial charge in [-0.1, -0.05) is 45.0 Å². The van der Waals surface area contributed by atoms with Gasteiger partial charge in [0.05, 0.1) is 12.6 Å². The van der Waals surface area contributed by atoms with Gasteiger partial charge in [-0.15, -0.1) is 0 Å². The van der Waals surface area contributed by atoms with Crippen LogP contribution in [-0.4, -0.2) is 42.8 Å². The summed E-state index contributed by atoms with van der Waals surface area (Å²) in [6.07, 6.45) is 0.732. The zero-order valence-corrected chi connectivity index (χ0v) is 15.0. The van der Waals surface area contributed by atoms with Crippen LogP contribution in [0.5, 0.6) is 0 Å². The van der Waals surface area contributed by atoms with E-state index in [1.54, 1.807) is 0 Å². The van der Waals surface area contributed by atoms with Gasteiger partial charge in [-0.25, -0.2) is 4.79 Å². The molecular weight excluding hydrogens is 290 g/mol. The number of carbonyl (C=O) groups is 1. The average Bonchev–Trinajstić information content (AvgIpc) is 2.44. The van der Waals surface area contributed by atoms with Crippen molar-refractivity contribution in [3.63, 3.8) is 0 Å². The number of hydrogen-bond donors (Lipinski definition) is 3. The number of carbonyl (C=O) groups excluding carboxylic acids is 1. The van der Waals surface area contributed by atoms with E-state index in [-0.39, 0.29) is 24.1 Å². The molecule has 0 fully saturated rings. The summed E-state index contributed by atoms with van der Waals surface area (Å²) in [5, 5.41) is 15.0. The van der Waals surface area contributed by atoms with Gasteiger partial charge in [0, 0.05) is 13.1 Å². The fraction of sp³-hybridized carbons (Fsp3) is 0.611. The van der Waals surface area contributed by atoms with Gasteiger partial charge in [-0.3, -0.25) is 0 Å². The Balaban J connectivity index is 2.43. The van der Waals surface area contributed by atoms with E-state index in [1.807, 2.05) is 26.2 Å². The molecule has 1 rings (SSSR count). The van der Waals surface area contributed by atoms with Crippen LogP contribution >= 0.6 is 0 Å². The molecule has 1 atom stereocenters. The highest BCUT2D eigenvalue weighted by Gasteiger charge is 2.19. The normalized spacial score (nSPS) is 13.0. The second-order valence-electron chi connectivity index (χ2n) is 7.53. The number of hydrogen-bond acceptors (Lipinski definition) is 3. The zero-order chi connectivity index (χ0) is 17.5. The second-order valence-corrected chi connectivity index (χ2v) is 7.53. The Hall–Kier alpha value is -1.59. The summed E-state index contributed by atoms with van der Waals surface area (Å²) in [7, 11) is 4.07. The number of aliphatic hydroxyl groups is 1. The summed E-state index contributed by atoms with van der Waals surface area (Å²) < 4.78 is 0. The van der Waals surface area contributed by atoms with E-state index in [4.69, 9.17) is 0 Å². The number of rotatable bonds is 7. The molecule has 1 aromatic rings. The van der Waals surface area contributed by atoms with Crippen LogP contribution in [0.25, 0.3) is 0 Å². The van der Waals surface area contributed by atoms with Crippen LogP contribution in [0.15, 0.2) is 24.3 Å². The van der Waals surface area contributed by atoms with Gasteiger partial charge in [0.15, 0.2) is 0 Å². The van der Waals surface area contributed by atoms with E-state index in [0.717, 1.165) is 18.5 Å². The first-order valence-corrected chi connectivity index (χ1v) is 8.07. The van der Waals surface area contributed by atoms with Gasteiger partial charge in [0.25, 0.3) is 0 Å². The number of amides is 2. The fourth-order valence-electron chi connectivity index (χ4n) is 2.45. The molecule has 130 valence electrons. The predicted molar refractivity (Wildman–Crippen MR) is 94.2 cm³/mol. The molecule has 0 aromatic heterocycles. The number of nitrogens with one attached hydrogen (secondary N) is 2. The van der Waals surface area contributed by atoms with Gasteiger partial charge >= 0.3 is 6.03 Å². The summed E-state index contributed by atoms with van der Waals surface area (Å²) in [6.45, 7) is 7.59. The molecule has 1 unspecified atom stereocenters. The molecule has 0 radical (unpaired) electrons. The van der Waals surface area contributed by atoms with Crippen molar-refractivity contribution >= 4 is 6.03 Å². The number of urea groups is 1. The van der Waals surface area contributed by atoms with Crippen LogP contribution in [0.2, 0.25) is 0 Å². The SMILES string of the molecule is CN(C)Cc1ccc(CNC(=O)NC(CO)CC(C)(C)C)cc1. The van der Waals surface area contributed by atoms with Crippen LogP contribution in [0.1, 0.15) is 38.3 Å². The molecular formula is C18H31N3O2. The Kier molecular flexibility index (Phi) is 7.52. The van der Waals surface area contributed by atoms with E-state index >= 15 is 0 Å². The molecule has 0 aliphatic heterocycles. The molecule has 23 heavy (non-hydrogen) atoms. The highest BCUT2D eigenvalue weighted by Crippen LogP contribution is 2.20. The molecule has 0 aliphatic carbocycles. The molecule has 3 N–H and O–H groups in total. The van der Waals surface area contributed by atoms with Crippen LogP contribution in [0.4, 0.5) is 4.79 Å². The molecule has 5 nitrogen and oxygen atoms in total. The minimum absolute atomic E-state index is 0.0517. The van der Waals surface area contributed by atoms with Crippen LogP contribution < -0.4 is 10.6 Å². The second kappa shape index (κ2) is 8.89. The maximum Gasteiger partial charge on any atom is 0.315 e. The average molecular weight is 321 g/mol. The molecule has 0 spiro atoms. The smallest absolute Gasteiger partial charge is 0.315 e. The van der Waals surface area contributed by atoms with Crippen molar-refractivity contribution in [1.29, 1.82) is 0 Å². The van der Waals surface area contributed by atoms with E-state index in [0.29, 0.717) is 6.54 Å². The highest BCUT2D eigenvalue weighted by atomic mass is 16.3. The molecule has 0 saturated heterocycles. The van der Waals surface area contributed by atoms with Crippen LogP contribution in [0.3, 0.4) is 0 Å². The summed E-state index contributed by atoms with van der Waals surface area (Å²) in [6, 6.07) is 7.73. The molecule has 2 amide bonds. The lowest BCUT2D eigenvalue weighted by atomic mass is 9.88. The van der Waals surface area contributed by atoms with E-state index in [9.17, 15) is 9.90 Å². The van der Waals surface area contributed by atoms with Crippen molar-refractivity contribution in [3.05, 3.63) is 35.4 Å². The Bertz CT molecular complexity index is 478. The third-order valence-electron chi connectivity index (χ3n) is 3.39. The Labute approximate surface area is 140 Å². The van der Waals surface area contributed by atoms with Crippen molar-refractivity contribution in [1.82, 2.24) is 15.5 Å². The molecule has 1 aromatic carbocycles. The van der Waals surface area contributed by atoms with Gasteiger partial charge in [-0.05, 0) is 37.1 Å². The lowest BCUT2D eigenvalue weighted by molar-refractivity contribution is 0.191. The minimum atomic E-state index is -0.245. The van der Waals surface area contributed by atoms with E-state index < -0.39 is 0 Å². The van der Waals surface area contributed by atoms with Crippen molar-refractivity contribution in [2.45, 2.75) is 46.3 Å². The minimum Gasteiger partial charge on any atom is -0.394 e. The Morgan fingerprint density at radius 2 is 1.74 bits per heavy atom. The van der Waals surface area contributed by atoms with Gasteiger partial charge in [0.1, 0.15) is 0 Å². The predicted octanol–water partition coefficient (Wildman–Crippen LogP) is 2.34. The number of nitrogens with zero attached hydrogens (tertiary/aromatic N) is 1. The lowest BCUT2D eigenvalue weighted by Gasteiger charge is -2.25. The zero-order valence-electron chi connectivity index (χ0n) is 15.0. The van der Waals surface area contributed by atoms with Crippen molar-refractivity contribution in [3.8, 4) is 0 Å². The monoisotopic (exact) mass is 321 g/mol. The summed E-state index contributed by atoms with van der Waals surface area (Å²) in [5.74, 6) is 0. The number of aliphatic hydroxyl groups excluding tert-OH is 1. The summed E-state index contributed by atoms with van der Waals surface area (Å²) in [4.78, 5) is 14.1. The van der Waals surface area contributed by atoms with Gasteiger partial charge in [0.2, 0.25) is 0 Å². The van der Waals surface area contributed by atoms with Gasteiger partial charge < -0.3 is 20.6 Å². The van der Waals surface area contributed by atoms with Crippen LogP contribution in [-0.2, 0) is 13.1 Å². The largest absolute Gasteiger partial charge is 0.394 e. The fourth-order valence-corrected chi connectivity index (χ4v) is 2.45. The topological polar surface area (TPSA) is 64.6 Å². The molecule has 5 heteroatoms. The third kappa shape index (κ3) is 8.57. The maximum atomic E-state index is 11.9. The maximum absolute atomic E-state index is 11.9. The summed E-state index contributed by atoms with van der Waals surface area (Å²) in [5.41, 5.74) is 2.36. The molecule has 0 bridgehead atoms. The third-order valence-corrected chi connectivity index (χ3v) is 3.39. The Morgan fingerprint density at radius 3 is 2.22 bits per heavy atom. The first-order valence-electron chi connectivity index (χ1n) is 8.07. The molecule has 0 heterocycles. The van der Waals surface area contributed by atoms with Crippen molar-refractivity contribution in [2.24, 2.45) is 5.41 Å². The first-order chi connectivity index (χ1) is 10.7. The highest BCUT2D eigenvalue weighted by molar-refractivity contribution is 5.74. The van der Waals surface area contributed by atoms with Crippen molar-refractivity contribution in [2.75, 3.05) is 20.7 Å². The number of benzene rings is 1.